The van der Waals surface area contributed by atoms with Gasteiger partial charge in [-0.05, 0) is 119 Å². The zero-order valence-corrected chi connectivity index (χ0v) is 52.8. The summed E-state index contributed by atoms with van der Waals surface area (Å²) in [6, 6.07) is 8.21. The van der Waals surface area contributed by atoms with Crippen LogP contribution in [0.15, 0.2) is 53.9 Å². The lowest BCUT2D eigenvalue weighted by Crippen LogP contribution is -2.62. The monoisotopic (exact) mass is 1220 g/mol. The Morgan fingerprint density at radius 3 is 2.13 bits per heavy atom. The summed E-state index contributed by atoms with van der Waals surface area (Å²) in [5.74, 6) is -4.76. The number of unbranched alkanes of at least 4 members (excludes halogenated alkanes) is 3. The molecular formula is C62H94N10O13S. The Kier molecular flexibility index (Phi) is 27.7. The highest BCUT2D eigenvalue weighted by Gasteiger charge is 2.49. The Morgan fingerprint density at radius 2 is 1.53 bits per heavy atom. The summed E-state index contributed by atoms with van der Waals surface area (Å²) in [5.41, 5.74) is 10.4. The van der Waals surface area contributed by atoms with Crippen LogP contribution in [0.5, 0.6) is 5.75 Å². The number of phenols is 1. The number of aromatic hydroxyl groups is 1. The molecular weight excluding hydrogens is 1120 g/mol. The number of aliphatic carboxylic acids is 1. The number of rotatable bonds is 34. The van der Waals surface area contributed by atoms with E-state index in [1.54, 1.807) is 81.3 Å². The predicted octanol–water partition coefficient (Wildman–Crippen LogP) is 7.70. The van der Waals surface area contributed by atoms with E-state index in [0.29, 0.717) is 54.9 Å². The standard InChI is InChI=1S/C62H94N10O13S/c1-12-14-15-16-30-71(48(37(3)4)33-49(85-40(8)73)55-69-47(36-86-55)53(76)67-44(34-61(9,10)58(80)81)32-41-22-26-45(74)27-23-41)56(78)51(39(7)13-2)70-57(79)62(11)28-18-31-72(62)60(83)84-35-42-20-24-43(25-21-42)66-52(75)46(19-17-29-65-59(64)82)68-54(77)50(63)38(5)6/h20-27,36-39,44,46,48-51,74H,12-19,28-35,63H2,1-11H3,(H,66,75)(H,67,76)(H,68,77)(H,70,79)(H,80,81)(H3,64,65,82)/t39?,44?,46?,48?,49?,50?,51?,62-/m1/s1. The van der Waals surface area contributed by atoms with Crippen molar-refractivity contribution in [2.75, 3.05) is 25.0 Å². The Balaban J connectivity index is 1.53. The number of anilines is 1. The number of phenolic OH excluding ortho intramolecular Hbond substituents is 1. The Bertz CT molecular complexity index is 2760. The number of carboxylic acid groups (broad SMARTS) is 1. The molecule has 1 aliphatic heterocycles. The van der Waals surface area contributed by atoms with Crippen molar-refractivity contribution >= 4 is 70.6 Å². The highest BCUT2D eigenvalue weighted by atomic mass is 32.1. The summed E-state index contributed by atoms with van der Waals surface area (Å²) in [6.45, 7) is 20.0. The van der Waals surface area contributed by atoms with Crippen LogP contribution in [0.1, 0.15) is 180 Å². The molecule has 0 saturated carbocycles. The molecule has 4 rings (SSSR count). The number of aromatic nitrogens is 1. The molecule has 24 heteroatoms. The number of hydrogen-bond acceptors (Lipinski definition) is 15. The Labute approximate surface area is 510 Å². The Hall–Kier alpha value is -7.34. The maximum absolute atomic E-state index is 15.4. The second-order valence-electron chi connectivity index (χ2n) is 24.1. The van der Waals surface area contributed by atoms with Gasteiger partial charge in [0.15, 0.2) is 6.10 Å². The molecule has 1 aromatic heterocycles. The molecule has 1 saturated heterocycles. The molecule has 8 atom stereocenters. The number of urea groups is 1. The summed E-state index contributed by atoms with van der Waals surface area (Å²) in [4.78, 5) is 128. The number of amides is 8. The molecule has 1 fully saturated rings. The number of nitrogens with two attached hydrogens (primary N) is 2. The van der Waals surface area contributed by atoms with Gasteiger partial charge in [-0.25, -0.2) is 14.6 Å². The van der Waals surface area contributed by atoms with Crippen LogP contribution in [-0.4, -0.2) is 134 Å². The lowest BCUT2D eigenvalue weighted by Gasteiger charge is -2.40. The zero-order valence-electron chi connectivity index (χ0n) is 52.0. The summed E-state index contributed by atoms with van der Waals surface area (Å²) in [7, 11) is 0. The van der Waals surface area contributed by atoms with Gasteiger partial charge in [-0.15, -0.1) is 11.3 Å². The molecule has 0 bridgehead atoms. The predicted molar refractivity (Wildman–Crippen MR) is 327 cm³/mol. The number of benzene rings is 2. The molecule has 2 heterocycles. The van der Waals surface area contributed by atoms with Crippen LogP contribution in [0.25, 0.3) is 0 Å². The molecule has 86 heavy (non-hydrogen) atoms. The molecule has 1 aliphatic rings. The van der Waals surface area contributed by atoms with Crippen LogP contribution < -0.4 is 38.1 Å². The van der Waals surface area contributed by atoms with E-state index in [0.717, 1.165) is 36.2 Å². The van der Waals surface area contributed by atoms with Crippen LogP contribution in [0.2, 0.25) is 0 Å². The van der Waals surface area contributed by atoms with E-state index in [2.05, 4.69) is 38.5 Å². The van der Waals surface area contributed by atoms with Gasteiger partial charge in [0.2, 0.25) is 23.6 Å². The number of hydrogen-bond donors (Lipinski definition) is 9. The van der Waals surface area contributed by atoms with Gasteiger partial charge in [-0.2, -0.15) is 0 Å². The fraction of sp³-hybridized carbons (Fsp3) is 0.613. The van der Waals surface area contributed by atoms with Gasteiger partial charge in [-0.1, -0.05) is 98.4 Å². The number of carbonyl (C=O) groups excluding carboxylic acids is 8. The van der Waals surface area contributed by atoms with Gasteiger partial charge in [0.05, 0.1) is 11.5 Å². The summed E-state index contributed by atoms with van der Waals surface area (Å²) in [5, 5.41) is 35.7. The summed E-state index contributed by atoms with van der Waals surface area (Å²) >= 11 is 1.11. The maximum atomic E-state index is 15.4. The first-order valence-electron chi connectivity index (χ1n) is 30.0. The minimum Gasteiger partial charge on any atom is -0.508 e. The molecule has 0 spiro atoms. The van der Waals surface area contributed by atoms with Crippen LogP contribution in [0, 0.1) is 23.2 Å². The van der Waals surface area contributed by atoms with Crippen molar-refractivity contribution in [1.82, 2.24) is 36.1 Å². The average molecular weight is 1220 g/mol. The number of esters is 1. The van der Waals surface area contributed by atoms with E-state index in [9.17, 15) is 48.6 Å². The van der Waals surface area contributed by atoms with Gasteiger partial charge in [0.1, 0.15) is 40.7 Å². The van der Waals surface area contributed by atoms with E-state index in [1.165, 1.54) is 24.0 Å². The van der Waals surface area contributed by atoms with Gasteiger partial charge < -0.3 is 62.6 Å². The van der Waals surface area contributed by atoms with Crippen LogP contribution in [0.3, 0.4) is 0 Å². The average Bonchev–Trinajstić information content (AvgIpc) is 3.95. The molecule has 23 nitrogen and oxygen atoms in total. The van der Waals surface area contributed by atoms with Gasteiger partial charge in [0.25, 0.3) is 5.91 Å². The molecule has 7 unspecified atom stereocenters. The Morgan fingerprint density at radius 1 is 0.872 bits per heavy atom. The molecule has 2 aromatic carbocycles. The minimum absolute atomic E-state index is 0.0301. The van der Waals surface area contributed by atoms with Crippen LogP contribution >= 0.6 is 11.3 Å². The summed E-state index contributed by atoms with van der Waals surface area (Å²) in [6.07, 6.45) is 3.89. The van der Waals surface area contributed by atoms with E-state index in [-0.39, 0.29) is 80.5 Å². The number of primary amides is 1. The van der Waals surface area contributed by atoms with Crippen LogP contribution in [-0.2, 0) is 51.3 Å². The lowest BCUT2D eigenvalue weighted by molar-refractivity contribution is -0.150. The van der Waals surface area contributed by atoms with Gasteiger partial charge in [0, 0.05) is 56.1 Å². The van der Waals surface area contributed by atoms with Crippen molar-refractivity contribution < 1.29 is 62.8 Å². The highest BCUT2D eigenvalue weighted by Crippen LogP contribution is 2.34. The zero-order chi connectivity index (χ0) is 64.1. The van der Waals surface area contributed by atoms with Crippen LogP contribution in [0.4, 0.5) is 15.3 Å². The number of carboxylic acids is 1. The van der Waals surface area contributed by atoms with E-state index >= 15 is 4.79 Å². The molecule has 0 aliphatic carbocycles. The lowest BCUT2D eigenvalue weighted by atomic mass is 9.84. The topological polar surface area (TPSA) is 344 Å². The molecule has 476 valence electrons. The number of likely N-dealkylation sites (tertiary alicyclic amines) is 1. The molecule has 0 radical (unpaired) electrons. The summed E-state index contributed by atoms with van der Waals surface area (Å²) < 4.78 is 11.8. The number of nitrogens with zero attached hydrogens (tertiary/aromatic N) is 3. The van der Waals surface area contributed by atoms with Crippen molar-refractivity contribution in [3.8, 4) is 5.75 Å². The third-order valence-corrected chi connectivity index (χ3v) is 16.8. The smallest absolute Gasteiger partial charge is 0.410 e. The minimum atomic E-state index is -1.39. The molecule has 3 aromatic rings. The van der Waals surface area contributed by atoms with Crippen molar-refractivity contribution in [2.45, 2.75) is 202 Å². The largest absolute Gasteiger partial charge is 0.508 e. The number of nitrogens with one attached hydrogen (secondary N) is 5. The first-order chi connectivity index (χ1) is 40.5. The first-order valence-corrected chi connectivity index (χ1v) is 30.9. The normalized spacial score (nSPS) is 16.6. The quantitative estimate of drug-likeness (QED) is 0.0204. The molecule has 8 amide bonds. The van der Waals surface area contributed by atoms with E-state index in [1.807, 2.05) is 27.7 Å². The van der Waals surface area contributed by atoms with Crippen molar-refractivity contribution in [3.63, 3.8) is 0 Å². The van der Waals surface area contributed by atoms with Gasteiger partial charge in [-0.3, -0.25) is 38.5 Å². The SMILES string of the molecule is CCCCCCN(C(=O)C(NC(=O)[C@@]1(C)CCCN1C(=O)OCc1ccc(NC(=O)C(CCCNC(N)=O)NC(=O)C(N)C(C)C)cc1)C(C)CC)C(CC(OC(C)=O)c1nc(C(=O)NC(Cc2ccc(O)cc2)CC(C)(C)C(=O)O)cs1)C(C)C. The van der Waals surface area contributed by atoms with Crippen molar-refractivity contribution in [2.24, 2.45) is 34.6 Å². The van der Waals surface area contributed by atoms with E-state index in [4.69, 9.17) is 20.9 Å². The molecule has 11 N–H and O–H groups in total. The second kappa shape index (κ2) is 33.5. The number of carbonyl (C=O) groups is 9. The fourth-order valence-corrected chi connectivity index (χ4v) is 11.1. The van der Waals surface area contributed by atoms with E-state index < -0.39 is 95.0 Å². The maximum Gasteiger partial charge on any atom is 0.410 e. The second-order valence-corrected chi connectivity index (χ2v) is 25.0. The van der Waals surface area contributed by atoms with Crippen molar-refractivity contribution in [3.05, 3.63) is 75.7 Å². The fourth-order valence-electron chi connectivity index (χ4n) is 10.3. The third-order valence-electron chi connectivity index (χ3n) is 15.9. The highest BCUT2D eigenvalue weighted by molar-refractivity contribution is 7.09. The third kappa shape index (κ3) is 21.3. The number of thiazole rings is 1. The first kappa shape index (κ1) is 71.1. The van der Waals surface area contributed by atoms with Gasteiger partial charge >= 0.3 is 24.1 Å². The number of ether oxygens (including phenoxy) is 2. The van der Waals surface area contributed by atoms with Crippen molar-refractivity contribution in [1.29, 1.82) is 0 Å².